The highest BCUT2D eigenvalue weighted by molar-refractivity contribution is 8.01. The molecule has 2 saturated heterocycles. The van der Waals surface area contributed by atoms with E-state index >= 15 is 0 Å². The molecule has 2 amide bonds. The van der Waals surface area contributed by atoms with E-state index in [1.807, 2.05) is 40.3 Å². The Morgan fingerprint density at radius 1 is 1.14 bits per heavy atom. The Morgan fingerprint density at radius 2 is 1.93 bits per heavy atom. The van der Waals surface area contributed by atoms with Crippen LogP contribution in [0.15, 0.2) is 41.8 Å². The quantitative estimate of drug-likeness (QED) is 0.726. The van der Waals surface area contributed by atoms with Crippen molar-refractivity contribution in [1.82, 2.24) is 14.7 Å². The number of nitrogens with zero attached hydrogens (tertiary/aromatic N) is 3. The van der Waals surface area contributed by atoms with Crippen LogP contribution in [-0.2, 0) is 4.79 Å². The summed E-state index contributed by atoms with van der Waals surface area (Å²) in [4.78, 5) is 32.0. The number of benzene rings is 1. The molecule has 1 aromatic heterocycles. The van der Waals surface area contributed by atoms with Crippen molar-refractivity contribution >= 4 is 34.9 Å². The number of amides is 2. The van der Waals surface area contributed by atoms with Gasteiger partial charge in [0.2, 0.25) is 5.91 Å². The van der Waals surface area contributed by atoms with Gasteiger partial charge in [0.05, 0.1) is 10.1 Å². The largest absolute Gasteiger partial charge is 0.335 e. The van der Waals surface area contributed by atoms with E-state index in [2.05, 4.69) is 4.90 Å². The monoisotopic (exact) mass is 433 g/mol. The molecule has 2 aromatic rings. The molecule has 2 atom stereocenters. The first-order chi connectivity index (χ1) is 14.0. The van der Waals surface area contributed by atoms with Crippen LogP contribution in [0.25, 0.3) is 0 Å². The second-order valence-electron chi connectivity index (χ2n) is 7.33. The molecule has 2 unspecified atom stereocenters. The third kappa shape index (κ3) is 4.49. The number of carbonyl (C=O) groups is 2. The van der Waals surface area contributed by atoms with Gasteiger partial charge in [0.15, 0.2) is 0 Å². The number of hydrogen-bond acceptors (Lipinski definition) is 5. The smallest absolute Gasteiger partial charge is 0.264 e. The normalized spacial score (nSPS) is 23.0. The summed E-state index contributed by atoms with van der Waals surface area (Å²) in [7, 11) is 0. The molecule has 29 heavy (non-hydrogen) atoms. The highest BCUT2D eigenvalue weighted by atomic mass is 32.2. The molecule has 0 aliphatic carbocycles. The van der Waals surface area contributed by atoms with Crippen LogP contribution in [0.1, 0.15) is 27.5 Å². The number of piperazine rings is 1. The van der Waals surface area contributed by atoms with Crippen LogP contribution >= 0.6 is 23.1 Å². The fourth-order valence-electron chi connectivity index (χ4n) is 3.80. The molecule has 0 radical (unpaired) electrons. The highest BCUT2D eigenvalue weighted by Gasteiger charge is 2.38. The van der Waals surface area contributed by atoms with Crippen molar-refractivity contribution in [3.63, 3.8) is 0 Å². The first-order valence-corrected chi connectivity index (χ1v) is 11.6. The molecule has 154 valence electrons. The zero-order valence-corrected chi connectivity index (χ0v) is 17.9. The molecule has 0 spiro atoms. The topological polar surface area (TPSA) is 43.9 Å². The average Bonchev–Trinajstić information content (AvgIpc) is 3.36. The van der Waals surface area contributed by atoms with Gasteiger partial charge in [-0.3, -0.25) is 14.5 Å². The molecule has 4 rings (SSSR count). The molecule has 2 aliphatic heterocycles. The van der Waals surface area contributed by atoms with Gasteiger partial charge >= 0.3 is 0 Å². The predicted octanol–water partition coefficient (Wildman–Crippen LogP) is 3.31. The Balaban J connectivity index is 1.33. The maximum Gasteiger partial charge on any atom is 0.264 e. The van der Waals surface area contributed by atoms with Crippen molar-refractivity contribution in [3.8, 4) is 0 Å². The number of thioether (sulfide) groups is 1. The molecule has 2 fully saturated rings. The summed E-state index contributed by atoms with van der Waals surface area (Å²) in [5.74, 6) is -0.0666. The Morgan fingerprint density at radius 3 is 2.62 bits per heavy atom. The Kier molecular flexibility index (Phi) is 6.22. The number of halogens is 1. The van der Waals surface area contributed by atoms with Crippen molar-refractivity contribution in [1.29, 1.82) is 0 Å². The van der Waals surface area contributed by atoms with Crippen molar-refractivity contribution in [2.75, 3.05) is 39.3 Å². The average molecular weight is 434 g/mol. The summed E-state index contributed by atoms with van der Waals surface area (Å²) in [5.41, 5.74) is 0.832. The molecular weight excluding hydrogens is 409 g/mol. The summed E-state index contributed by atoms with van der Waals surface area (Å²) in [6.07, 6.45) is 0. The third-order valence-electron chi connectivity index (χ3n) is 5.43. The van der Waals surface area contributed by atoms with Crippen molar-refractivity contribution in [2.24, 2.45) is 0 Å². The van der Waals surface area contributed by atoms with Crippen molar-refractivity contribution in [2.45, 2.75) is 17.5 Å². The first kappa shape index (κ1) is 20.4. The van der Waals surface area contributed by atoms with Crippen LogP contribution < -0.4 is 0 Å². The molecule has 1 aromatic carbocycles. The van der Waals surface area contributed by atoms with Crippen molar-refractivity contribution < 1.29 is 14.0 Å². The maximum absolute atomic E-state index is 13.7. The number of hydrogen-bond donors (Lipinski definition) is 0. The minimum atomic E-state index is -0.276. The van der Waals surface area contributed by atoms with Gasteiger partial charge in [0.25, 0.3) is 5.91 Å². The maximum atomic E-state index is 13.7. The summed E-state index contributed by atoms with van der Waals surface area (Å²) in [6, 6.07) is 10.3. The minimum absolute atomic E-state index is 0.103. The van der Waals surface area contributed by atoms with Crippen LogP contribution in [0, 0.1) is 5.82 Å². The SMILES string of the molecule is CC1SC(c2cccc(F)c2)N(CCN2CCN(C(=O)c3cccs3)CC2)C1=O. The molecule has 8 heteroatoms. The lowest BCUT2D eigenvalue weighted by Gasteiger charge is -2.36. The van der Waals surface area contributed by atoms with Crippen LogP contribution in [0.2, 0.25) is 0 Å². The van der Waals surface area contributed by atoms with Gasteiger partial charge in [-0.05, 0) is 36.1 Å². The zero-order chi connectivity index (χ0) is 20.4. The zero-order valence-electron chi connectivity index (χ0n) is 16.3. The first-order valence-electron chi connectivity index (χ1n) is 9.79. The number of rotatable bonds is 5. The predicted molar refractivity (Wildman–Crippen MR) is 115 cm³/mol. The van der Waals surface area contributed by atoms with Gasteiger partial charge in [0.1, 0.15) is 11.2 Å². The van der Waals surface area contributed by atoms with E-state index in [-0.39, 0.29) is 28.3 Å². The van der Waals surface area contributed by atoms with Gasteiger partial charge in [-0.25, -0.2) is 4.39 Å². The van der Waals surface area contributed by atoms with Gasteiger partial charge in [0, 0.05) is 39.3 Å². The van der Waals surface area contributed by atoms with E-state index in [9.17, 15) is 14.0 Å². The van der Waals surface area contributed by atoms with Crippen LogP contribution in [0.4, 0.5) is 4.39 Å². The Hall–Kier alpha value is -1.90. The lowest BCUT2D eigenvalue weighted by molar-refractivity contribution is -0.130. The second-order valence-corrected chi connectivity index (χ2v) is 9.70. The van der Waals surface area contributed by atoms with E-state index in [0.29, 0.717) is 19.6 Å². The fraction of sp³-hybridized carbons (Fsp3) is 0.429. The van der Waals surface area contributed by atoms with E-state index in [0.717, 1.165) is 30.1 Å². The number of carbonyl (C=O) groups excluding carboxylic acids is 2. The van der Waals surface area contributed by atoms with Gasteiger partial charge in [-0.2, -0.15) is 0 Å². The summed E-state index contributed by atoms with van der Waals surface area (Å²) in [5, 5.41) is 1.66. The highest BCUT2D eigenvalue weighted by Crippen LogP contribution is 2.42. The Labute approximate surface area is 178 Å². The molecule has 0 bridgehead atoms. The van der Waals surface area contributed by atoms with Crippen LogP contribution in [0.5, 0.6) is 0 Å². The minimum Gasteiger partial charge on any atom is -0.335 e. The van der Waals surface area contributed by atoms with Crippen molar-refractivity contribution in [3.05, 3.63) is 58.0 Å². The summed E-state index contributed by atoms with van der Waals surface area (Å²) in [6.45, 7) is 6.27. The number of thiophene rings is 1. The lowest BCUT2D eigenvalue weighted by atomic mass is 10.2. The second kappa shape index (κ2) is 8.85. The van der Waals surface area contributed by atoms with E-state index in [1.165, 1.54) is 23.5 Å². The molecule has 0 N–H and O–H groups in total. The Bertz CT molecular complexity index is 869. The van der Waals surface area contributed by atoms with Crippen LogP contribution in [-0.4, -0.2) is 71.0 Å². The molecule has 2 aliphatic rings. The summed E-state index contributed by atoms with van der Waals surface area (Å²) < 4.78 is 13.7. The molecular formula is C21H24FN3O2S2. The molecule has 3 heterocycles. The lowest BCUT2D eigenvalue weighted by Crippen LogP contribution is -2.50. The summed E-state index contributed by atoms with van der Waals surface area (Å²) >= 11 is 3.05. The van der Waals surface area contributed by atoms with Crippen LogP contribution in [0.3, 0.4) is 0 Å². The van der Waals surface area contributed by atoms with Gasteiger partial charge in [-0.1, -0.05) is 18.2 Å². The van der Waals surface area contributed by atoms with E-state index in [4.69, 9.17) is 0 Å². The van der Waals surface area contributed by atoms with E-state index < -0.39 is 0 Å². The van der Waals surface area contributed by atoms with E-state index in [1.54, 1.807) is 17.8 Å². The third-order valence-corrected chi connectivity index (χ3v) is 7.68. The molecule has 0 saturated carbocycles. The fourth-order valence-corrected chi connectivity index (χ4v) is 5.79. The standard InChI is InChI=1S/C21H24FN3O2S2/c1-15-19(26)25(21(29-15)16-4-2-5-17(22)14-16)12-9-23-7-10-24(11-8-23)20(27)18-6-3-13-28-18/h2-6,13-15,21H,7-12H2,1H3. The van der Waals surface area contributed by atoms with Gasteiger partial charge < -0.3 is 9.80 Å². The molecule has 5 nitrogen and oxygen atoms in total. The van der Waals surface area contributed by atoms with Gasteiger partial charge in [-0.15, -0.1) is 23.1 Å².